The van der Waals surface area contributed by atoms with Crippen LogP contribution in [0.4, 0.5) is 5.13 Å². The molecule has 5 aromatic rings. The SMILES string of the molecule is O=C(Cn1nc(-c2ccc3ccccc3c2)ccc1=O)Nc1nc2ccccc2s1. The van der Waals surface area contributed by atoms with E-state index in [2.05, 4.69) is 15.4 Å². The first-order chi connectivity index (χ1) is 14.7. The van der Waals surface area contributed by atoms with Gasteiger partial charge in [0, 0.05) is 11.6 Å². The van der Waals surface area contributed by atoms with E-state index in [1.165, 1.54) is 22.1 Å². The van der Waals surface area contributed by atoms with Gasteiger partial charge in [0.2, 0.25) is 5.91 Å². The minimum Gasteiger partial charge on any atom is -0.300 e. The van der Waals surface area contributed by atoms with Crippen LogP contribution in [0.5, 0.6) is 0 Å². The lowest BCUT2D eigenvalue weighted by molar-refractivity contribution is -0.117. The summed E-state index contributed by atoms with van der Waals surface area (Å²) >= 11 is 1.39. The fourth-order valence-corrected chi connectivity index (χ4v) is 4.17. The van der Waals surface area contributed by atoms with Crippen molar-refractivity contribution in [3.05, 3.63) is 89.2 Å². The van der Waals surface area contributed by atoms with Crippen LogP contribution in [-0.2, 0) is 11.3 Å². The third-order valence-corrected chi connectivity index (χ3v) is 5.70. The molecule has 0 aliphatic carbocycles. The zero-order chi connectivity index (χ0) is 20.5. The molecule has 0 spiro atoms. The lowest BCUT2D eigenvalue weighted by Crippen LogP contribution is -2.29. The molecule has 6 nitrogen and oxygen atoms in total. The number of carbonyl (C=O) groups excluding carboxylic acids is 1. The van der Waals surface area contributed by atoms with Crippen molar-refractivity contribution < 1.29 is 4.79 Å². The Labute approximate surface area is 175 Å². The lowest BCUT2D eigenvalue weighted by atomic mass is 10.1. The van der Waals surface area contributed by atoms with E-state index in [1.807, 2.05) is 66.7 Å². The first-order valence-corrected chi connectivity index (χ1v) is 10.2. The summed E-state index contributed by atoms with van der Waals surface area (Å²) < 4.78 is 2.16. The predicted molar refractivity (Wildman–Crippen MR) is 120 cm³/mol. The van der Waals surface area contributed by atoms with Crippen LogP contribution in [0, 0.1) is 0 Å². The Hall–Kier alpha value is -3.84. The average Bonchev–Trinajstić information content (AvgIpc) is 3.17. The van der Waals surface area contributed by atoms with Crippen LogP contribution in [0.25, 0.3) is 32.2 Å². The van der Waals surface area contributed by atoms with E-state index in [0.29, 0.717) is 10.8 Å². The quantitative estimate of drug-likeness (QED) is 0.477. The van der Waals surface area contributed by atoms with E-state index < -0.39 is 0 Å². The van der Waals surface area contributed by atoms with Gasteiger partial charge >= 0.3 is 0 Å². The van der Waals surface area contributed by atoms with Crippen LogP contribution in [0.3, 0.4) is 0 Å². The summed E-state index contributed by atoms with van der Waals surface area (Å²) in [6.07, 6.45) is 0. The molecule has 30 heavy (non-hydrogen) atoms. The molecule has 0 atom stereocenters. The summed E-state index contributed by atoms with van der Waals surface area (Å²) in [4.78, 5) is 29.1. The highest BCUT2D eigenvalue weighted by atomic mass is 32.1. The number of thiazole rings is 1. The number of fused-ring (bicyclic) bond motifs is 2. The van der Waals surface area contributed by atoms with Gasteiger partial charge in [0.1, 0.15) is 6.54 Å². The van der Waals surface area contributed by atoms with Gasteiger partial charge in [-0.3, -0.25) is 9.59 Å². The Bertz CT molecular complexity index is 1420. The average molecular weight is 412 g/mol. The van der Waals surface area contributed by atoms with Crippen molar-refractivity contribution in [3.63, 3.8) is 0 Å². The maximum Gasteiger partial charge on any atom is 0.267 e. The number of hydrogen-bond donors (Lipinski definition) is 1. The van der Waals surface area contributed by atoms with Crippen molar-refractivity contribution in [1.29, 1.82) is 0 Å². The molecule has 0 saturated heterocycles. The minimum absolute atomic E-state index is 0.184. The molecule has 7 heteroatoms. The number of anilines is 1. The molecule has 0 unspecified atom stereocenters. The van der Waals surface area contributed by atoms with E-state index in [4.69, 9.17) is 0 Å². The highest BCUT2D eigenvalue weighted by Gasteiger charge is 2.11. The van der Waals surface area contributed by atoms with E-state index >= 15 is 0 Å². The van der Waals surface area contributed by atoms with Gasteiger partial charge in [-0.1, -0.05) is 59.9 Å². The summed E-state index contributed by atoms with van der Waals surface area (Å²) in [6, 6.07) is 24.8. The summed E-state index contributed by atoms with van der Waals surface area (Å²) in [5.41, 5.74) is 2.01. The Morgan fingerprint density at radius 2 is 1.73 bits per heavy atom. The maximum atomic E-state index is 12.5. The molecular formula is C23H16N4O2S. The smallest absolute Gasteiger partial charge is 0.267 e. The second kappa shape index (κ2) is 7.53. The maximum absolute atomic E-state index is 12.5. The normalized spacial score (nSPS) is 11.1. The van der Waals surface area contributed by atoms with Gasteiger partial charge in [-0.15, -0.1) is 0 Å². The number of nitrogens with zero attached hydrogens (tertiary/aromatic N) is 3. The van der Waals surface area contributed by atoms with Crippen molar-refractivity contribution in [2.24, 2.45) is 0 Å². The molecule has 0 aliphatic heterocycles. The standard InChI is InChI=1S/C23H16N4O2S/c28-21(25-23-24-19-7-3-4-8-20(19)30-23)14-27-22(29)12-11-18(26-27)17-10-9-15-5-1-2-6-16(15)13-17/h1-13H,14H2,(H,24,25,28). The molecule has 2 aromatic heterocycles. The van der Waals surface area contributed by atoms with Crippen LogP contribution in [0.1, 0.15) is 0 Å². The molecular weight excluding hydrogens is 396 g/mol. The topological polar surface area (TPSA) is 76.9 Å². The van der Waals surface area contributed by atoms with E-state index in [-0.39, 0.29) is 18.0 Å². The minimum atomic E-state index is -0.348. The van der Waals surface area contributed by atoms with Gasteiger partial charge in [0.15, 0.2) is 5.13 Å². The molecule has 1 N–H and O–H groups in total. The van der Waals surface area contributed by atoms with Crippen LogP contribution in [0.2, 0.25) is 0 Å². The van der Waals surface area contributed by atoms with Crippen molar-refractivity contribution in [1.82, 2.24) is 14.8 Å². The number of carbonyl (C=O) groups is 1. The second-order valence-corrected chi connectivity index (χ2v) is 7.84. The van der Waals surface area contributed by atoms with E-state index in [1.54, 1.807) is 6.07 Å². The third kappa shape index (κ3) is 3.58. The molecule has 0 radical (unpaired) electrons. The molecule has 0 fully saturated rings. The number of aromatic nitrogens is 3. The predicted octanol–water partition coefficient (Wildman–Crippen LogP) is 4.31. The number of hydrogen-bond acceptors (Lipinski definition) is 5. The molecule has 5 rings (SSSR count). The second-order valence-electron chi connectivity index (χ2n) is 6.81. The summed E-state index contributed by atoms with van der Waals surface area (Å²) in [6.45, 7) is -0.184. The Balaban J connectivity index is 1.40. The van der Waals surface area contributed by atoms with Crippen molar-refractivity contribution >= 4 is 43.4 Å². The monoisotopic (exact) mass is 412 g/mol. The zero-order valence-electron chi connectivity index (χ0n) is 15.8. The van der Waals surface area contributed by atoms with Gasteiger partial charge in [0.05, 0.1) is 15.9 Å². The van der Waals surface area contributed by atoms with Crippen molar-refractivity contribution in [3.8, 4) is 11.3 Å². The molecule has 2 heterocycles. The number of para-hydroxylation sites is 1. The molecule has 146 valence electrons. The molecule has 3 aromatic carbocycles. The summed E-state index contributed by atoms with van der Waals surface area (Å²) in [7, 11) is 0. The van der Waals surface area contributed by atoms with E-state index in [9.17, 15) is 9.59 Å². The number of amides is 1. The molecule has 0 aliphatic rings. The molecule has 1 amide bonds. The lowest BCUT2D eigenvalue weighted by Gasteiger charge is -2.08. The number of rotatable bonds is 4. The number of benzene rings is 3. The van der Waals surface area contributed by atoms with Crippen molar-refractivity contribution in [2.75, 3.05) is 5.32 Å². The fourth-order valence-electron chi connectivity index (χ4n) is 3.29. The van der Waals surface area contributed by atoms with Crippen LogP contribution in [-0.4, -0.2) is 20.7 Å². The van der Waals surface area contributed by atoms with Crippen molar-refractivity contribution in [2.45, 2.75) is 6.54 Å². The fraction of sp³-hybridized carbons (Fsp3) is 0.0435. The van der Waals surface area contributed by atoms with Gasteiger partial charge in [0.25, 0.3) is 5.56 Å². The van der Waals surface area contributed by atoms with E-state index in [0.717, 1.165) is 26.6 Å². The van der Waals surface area contributed by atoms with Crippen LogP contribution >= 0.6 is 11.3 Å². The molecule has 0 bridgehead atoms. The zero-order valence-corrected chi connectivity index (χ0v) is 16.6. The summed E-state index contributed by atoms with van der Waals surface area (Å²) in [5, 5.41) is 9.87. The van der Waals surface area contributed by atoms with Gasteiger partial charge in [-0.2, -0.15) is 5.10 Å². The highest BCUT2D eigenvalue weighted by molar-refractivity contribution is 7.22. The Morgan fingerprint density at radius 1 is 0.933 bits per heavy atom. The first-order valence-electron chi connectivity index (χ1n) is 9.38. The van der Waals surface area contributed by atoms with Crippen LogP contribution < -0.4 is 10.9 Å². The third-order valence-electron chi connectivity index (χ3n) is 4.75. The Morgan fingerprint density at radius 3 is 2.60 bits per heavy atom. The Kier molecular flexibility index (Phi) is 4.57. The largest absolute Gasteiger partial charge is 0.300 e. The van der Waals surface area contributed by atoms with Gasteiger partial charge < -0.3 is 5.32 Å². The molecule has 0 saturated carbocycles. The highest BCUT2D eigenvalue weighted by Crippen LogP contribution is 2.25. The number of nitrogens with one attached hydrogen (secondary N) is 1. The van der Waals surface area contributed by atoms with Gasteiger partial charge in [-0.05, 0) is 35.0 Å². The van der Waals surface area contributed by atoms with Crippen LogP contribution in [0.15, 0.2) is 83.7 Å². The summed E-state index contributed by atoms with van der Waals surface area (Å²) in [5.74, 6) is -0.348. The first kappa shape index (κ1) is 18.2. The van der Waals surface area contributed by atoms with Gasteiger partial charge in [-0.25, -0.2) is 9.67 Å².